The summed E-state index contributed by atoms with van der Waals surface area (Å²) in [5.41, 5.74) is 1.31. The Labute approximate surface area is 158 Å². The number of methoxy groups -OCH3 is 2. The number of benzene rings is 2. The van der Waals surface area contributed by atoms with Gasteiger partial charge in [0.1, 0.15) is 0 Å². The first-order valence-electron chi connectivity index (χ1n) is 7.96. The number of sulfonamides is 1. The first kappa shape index (κ1) is 20.5. The fourth-order valence-electron chi connectivity index (χ4n) is 2.55. The molecule has 0 fully saturated rings. The summed E-state index contributed by atoms with van der Waals surface area (Å²) < 4.78 is 37.7. The van der Waals surface area contributed by atoms with Gasteiger partial charge in [-0.15, -0.1) is 11.6 Å². The minimum Gasteiger partial charge on any atom is -0.493 e. The third kappa shape index (κ3) is 4.88. The zero-order valence-corrected chi connectivity index (χ0v) is 16.2. The van der Waals surface area contributed by atoms with Gasteiger partial charge in [0.2, 0.25) is 10.0 Å². The van der Waals surface area contributed by atoms with E-state index in [0.717, 1.165) is 5.56 Å². The molecule has 0 heterocycles. The van der Waals surface area contributed by atoms with E-state index in [-0.39, 0.29) is 17.3 Å². The largest absolute Gasteiger partial charge is 0.493 e. The Morgan fingerprint density at radius 3 is 2.31 bits per heavy atom. The van der Waals surface area contributed by atoms with Gasteiger partial charge in [-0.1, -0.05) is 18.2 Å². The van der Waals surface area contributed by atoms with Crippen molar-refractivity contribution >= 4 is 21.6 Å². The van der Waals surface area contributed by atoms with Crippen LogP contribution in [0, 0.1) is 0 Å². The van der Waals surface area contributed by atoms with Gasteiger partial charge in [0.05, 0.1) is 31.1 Å². The summed E-state index contributed by atoms with van der Waals surface area (Å²) in [6.07, 6.45) is -0.535. The van der Waals surface area contributed by atoms with Crippen LogP contribution in [0.25, 0.3) is 0 Å². The van der Waals surface area contributed by atoms with Crippen LogP contribution in [0.4, 0.5) is 0 Å². The molecule has 1 atom stereocenters. The number of nitrogens with one attached hydrogen (secondary N) is 1. The molecule has 1 unspecified atom stereocenters. The van der Waals surface area contributed by atoms with Crippen molar-refractivity contribution in [1.29, 1.82) is 0 Å². The van der Waals surface area contributed by atoms with E-state index in [4.69, 9.17) is 21.1 Å². The molecule has 26 heavy (non-hydrogen) atoms. The molecule has 2 aromatic rings. The fourth-order valence-corrected chi connectivity index (χ4v) is 3.77. The van der Waals surface area contributed by atoms with Crippen molar-refractivity contribution in [2.45, 2.75) is 17.4 Å². The van der Waals surface area contributed by atoms with Crippen LogP contribution in [0.5, 0.6) is 11.5 Å². The fraction of sp³-hybridized carbons (Fsp3) is 0.333. The average molecular weight is 400 g/mol. The summed E-state index contributed by atoms with van der Waals surface area (Å²) in [6.45, 7) is 0.161. The van der Waals surface area contributed by atoms with Crippen LogP contribution in [0.15, 0.2) is 47.4 Å². The normalized spacial score (nSPS) is 12.6. The second-order valence-corrected chi connectivity index (χ2v) is 7.61. The molecule has 0 spiro atoms. The van der Waals surface area contributed by atoms with E-state index in [1.165, 1.54) is 26.4 Å². The lowest BCUT2D eigenvalue weighted by molar-refractivity contribution is 0.200. The molecule has 142 valence electrons. The van der Waals surface area contributed by atoms with Gasteiger partial charge in [0, 0.05) is 6.54 Å². The number of ether oxygens (including phenoxy) is 2. The van der Waals surface area contributed by atoms with Gasteiger partial charge in [0.15, 0.2) is 11.5 Å². The summed E-state index contributed by atoms with van der Waals surface area (Å²) in [5, 5.41) is 10.2. The van der Waals surface area contributed by atoms with Gasteiger partial charge in [-0.3, -0.25) is 0 Å². The van der Waals surface area contributed by atoms with Crippen LogP contribution in [0.1, 0.15) is 17.2 Å². The summed E-state index contributed by atoms with van der Waals surface area (Å²) in [6, 6.07) is 11.5. The highest BCUT2D eigenvalue weighted by Gasteiger charge is 2.18. The summed E-state index contributed by atoms with van der Waals surface area (Å²) >= 11 is 5.78. The zero-order valence-electron chi connectivity index (χ0n) is 14.6. The monoisotopic (exact) mass is 399 g/mol. The number of hydrogen-bond donors (Lipinski definition) is 2. The molecule has 0 amide bonds. The second kappa shape index (κ2) is 9.23. The molecule has 0 aliphatic heterocycles. The smallest absolute Gasteiger partial charge is 0.240 e. The lowest BCUT2D eigenvalue weighted by atomic mass is 9.99. The molecule has 0 aliphatic carbocycles. The van der Waals surface area contributed by atoms with Crippen molar-refractivity contribution in [2.24, 2.45) is 0 Å². The summed E-state index contributed by atoms with van der Waals surface area (Å²) in [5.74, 6) is 0.984. The lowest BCUT2D eigenvalue weighted by Gasteiger charge is -2.18. The van der Waals surface area contributed by atoms with Crippen LogP contribution >= 0.6 is 11.6 Å². The molecule has 8 heteroatoms. The molecule has 0 bridgehead atoms. The van der Waals surface area contributed by atoms with Crippen LogP contribution in [-0.2, 0) is 16.4 Å². The quantitative estimate of drug-likeness (QED) is 0.633. The molecule has 0 radical (unpaired) electrons. The molecule has 2 N–H and O–H groups in total. The van der Waals surface area contributed by atoms with Gasteiger partial charge < -0.3 is 14.6 Å². The molecule has 0 saturated heterocycles. The number of hydrogen-bond acceptors (Lipinski definition) is 5. The number of halogens is 1. The standard InChI is InChI=1S/C18H22ClNO5S/c1-24-17-10-13(15(16(21)12-19)11-18(17)25-2)8-9-20-26(22,23)14-6-4-3-5-7-14/h3-7,10-11,16,20-21H,8-9,12H2,1-2H3. The minimum atomic E-state index is -3.59. The van der Waals surface area contributed by atoms with E-state index in [2.05, 4.69) is 4.72 Å². The number of alkyl halides is 1. The summed E-state index contributed by atoms with van der Waals surface area (Å²) in [7, 11) is -0.578. The molecular formula is C18H22ClNO5S. The predicted octanol–water partition coefficient (Wildman–Crippen LogP) is 2.50. The lowest BCUT2D eigenvalue weighted by Crippen LogP contribution is -2.26. The van der Waals surface area contributed by atoms with Crippen molar-refractivity contribution in [2.75, 3.05) is 26.6 Å². The molecule has 0 aliphatic rings. The highest BCUT2D eigenvalue weighted by molar-refractivity contribution is 7.89. The maximum absolute atomic E-state index is 12.3. The maximum atomic E-state index is 12.3. The Morgan fingerprint density at radius 1 is 1.12 bits per heavy atom. The van der Waals surface area contributed by atoms with Crippen LogP contribution in [-0.4, -0.2) is 40.2 Å². The van der Waals surface area contributed by atoms with Crippen LogP contribution < -0.4 is 14.2 Å². The van der Waals surface area contributed by atoms with E-state index in [0.29, 0.717) is 23.5 Å². The van der Waals surface area contributed by atoms with Crippen molar-refractivity contribution < 1.29 is 23.0 Å². The van der Waals surface area contributed by atoms with Gasteiger partial charge >= 0.3 is 0 Å². The van der Waals surface area contributed by atoms with E-state index in [1.807, 2.05) is 0 Å². The highest BCUT2D eigenvalue weighted by atomic mass is 35.5. The Balaban J connectivity index is 2.20. The van der Waals surface area contributed by atoms with Crippen molar-refractivity contribution in [1.82, 2.24) is 4.72 Å². The Hall–Kier alpha value is -1.80. The zero-order chi connectivity index (χ0) is 19.2. The molecule has 0 aromatic heterocycles. The van der Waals surface area contributed by atoms with E-state index < -0.39 is 16.1 Å². The van der Waals surface area contributed by atoms with Gasteiger partial charge in [-0.25, -0.2) is 13.1 Å². The maximum Gasteiger partial charge on any atom is 0.240 e. The molecule has 2 rings (SSSR count). The number of rotatable bonds is 9. The SMILES string of the molecule is COc1cc(CCNS(=O)(=O)c2ccccc2)c(C(O)CCl)cc1OC. The van der Waals surface area contributed by atoms with Gasteiger partial charge in [-0.2, -0.15) is 0 Å². The third-order valence-electron chi connectivity index (χ3n) is 3.89. The molecular weight excluding hydrogens is 378 g/mol. The van der Waals surface area contributed by atoms with E-state index >= 15 is 0 Å². The number of aliphatic hydroxyl groups is 1. The van der Waals surface area contributed by atoms with E-state index in [9.17, 15) is 13.5 Å². The second-order valence-electron chi connectivity index (χ2n) is 5.54. The minimum absolute atomic E-state index is 0.0121. The predicted molar refractivity (Wildman–Crippen MR) is 101 cm³/mol. The Kier molecular flexibility index (Phi) is 7.28. The van der Waals surface area contributed by atoms with Gasteiger partial charge in [0.25, 0.3) is 0 Å². The third-order valence-corrected chi connectivity index (χ3v) is 5.66. The molecule has 6 nitrogen and oxygen atoms in total. The average Bonchev–Trinajstić information content (AvgIpc) is 2.67. The van der Waals surface area contributed by atoms with Gasteiger partial charge in [-0.05, 0) is 41.8 Å². The van der Waals surface area contributed by atoms with Crippen molar-refractivity contribution in [3.63, 3.8) is 0 Å². The van der Waals surface area contributed by atoms with E-state index in [1.54, 1.807) is 30.3 Å². The van der Waals surface area contributed by atoms with Crippen molar-refractivity contribution in [3.05, 3.63) is 53.6 Å². The Morgan fingerprint density at radius 2 is 1.73 bits per heavy atom. The first-order chi connectivity index (χ1) is 12.4. The molecule has 2 aromatic carbocycles. The topological polar surface area (TPSA) is 84.9 Å². The molecule has 0 saturated carbocycles. The van der Waals surface area contributed by atoms with Crippen LogP contribution in [0.3, 0.4) is 0 Å². The van der Waals surface area contributed by atoms with Crippen molar-refractivity contribution in [3.8, 4) is 11.5 Å². The first-order valence-corrected chi connectivity index (χ1v) is 9.98. The van der Waals surface area contributed by atoms with Crippen LogP contribution in [0.2, 0.25) is 0 Å². The Bertz CT molecular complexity index is 827. The number of aliphatic hydroxyl groups excluding tert-OH is 1. The highest BCUT2D eigenvalue weighted by Crippen LogP contribution is 2.34. The summed E-state index contributed by atoms with van der Waals surface area (Å²) in [4.78, 5) is 0.202.